The fourth-order valence-corrected chi connectivity index (χ4v) is 3.84. The van der Waals surface area contributed by atoms with E-state index in [1.54, 1.807) is 12.1 Å². The molecule has 4 nitrogen and oxygen atoms in total. The largest absolute Gasteiger partial charge is 0.495 e. The fourth-order valence-electron chi connectivity index (χ4n) is 2.43. The lowest BCUT2D eigenvalue weighted by Crippen LogP contribution is -2.16. The first-order valence-corrected chi connectivity index (χ1v) is 9.01. The van der Waals surface area contributed by atoms with Gasteiger partial charge in [-0.15, -0.1) is 0 Å². The summed E-state index contributed by atoms with van der Waals surface area (Å²) in [6, 6.07) is 10.9. The van der Waals surface area contributed by atoms with Gasteiger partial charge in [0.15, 0.2) is 0 Å². The van der Waals surface area contributed by atoms with Gasteiger partial charge in [0, 0.05) is 0 Å². The van der Waals surface area contributed by atoms with Gasteiger partial charge >= 0.3 is 0 Å². The summed E-state index contributed by atoms with van der Waals surface area (Å²) in [5.74, 6) is 0.572. The van der Waals surface area contributed by atoms with Crippen molar-refractivity contribution in [3.05, 3.63) is 53.1 Å². The monoisotopic (exact) mass is 333 g/mol. The number of nitrogens with one attached hydrogen (secondary N) is 1. The second kappa shape index (κ2) is 6.62. The molecule has 0 saturated carbocycles. The minimum Gasteiger partial charge on any atom is -0.495 e. The van der Waals surface area contributed by atoms with E-state index in [-0.39, 0.29) is 10.8 Å². The van der Waals surface area contributed by atoms with Crippen LogP contribution in [0, 0.1) is 13.8 Å². The summed E-state index contributed by atoms with van der Waals surface area (Å²) < 4.78 is 33.7. The van der Waals surface area contributed by atoms with Gasteiger partial charge in [0.1, 0.15) is 10.6 Å². The third-order valence-corrected chi connectivity index (χ3v) is 5.23. The van der Waals surface area contributed by atoms with Gasteiger partial charge in [-0.1, -0.05) is 38.1 Å². The first kappa shape index (κ1) is 17.3. The molecule has 2 aromatic rings. The van der Waals surface area contributed by atoms with E-state index in [1.165, 1.54) is 7.11 Å². The van der Waals surface area contributed by atoms with Crippen LogP contribution >= 0.6 is 0 Å². The number of rotatable bonds is 5. The molecule has 1 N–H and O–H groups in total. The molecule has 0 atom stereocenters. The fraction of sp³-hybridized carbons (Fsp3) is 0.333. The van der Waals surface area contributed by atoms with Crippen molar-refractivity contribution in [2.75, 3.05) is 11.8 Å². The zero-order valence-corrected chi connectivity index (χ0v) is 15.0. The maximum atomic E-state index is 12.9. The van der Waals surface area contributed by atoms with Gasteiger partial charge in [-0.2, -0.15) is 0 Å². The van der Waals surface area contributed by atoms with Crippen molar-refractivity contribution in [3.63, 3.8) is 0 Å². The van der Waals surface area contributed by atoms with E-state index in [1.807, 2.05) is 52.0 Å². The van der Waals surface area contributed by atoms with Crippen LogP contribution in [0.25, 0.3) is 0 Å². The van der Waals surface area contributed by atoms with Crippen LogP contribution in [0.15, 0.2) is 41.3 Å². The van der Waals surface area contributed by atoms with Gasteiger partial charge in [-0.25, -0.2) is 8.42 Å². The van der Waals surface area contributed by atoms with Crippen molar-refractivity contribution < 1.29 is 13.2 Å². The normalized spacial score (nSPS) is 11.6. The first-order valence-electron chi connectivity index (χ1n) is 7.53. The van der Waals surface area contributed by atoms with Crippen LogP contribution in [0.3, 0.4) is 0 Å². The Morgan fingerprint density at radius 1 is 1.04 bits per heavy atom. The Hall–Kier alpha value is -2.01. The molecular formula is C18H23NO3S. The Bertz CT molecular complexity index is 791. The zero-order chi connectivity index (χ0) is 17.2. The number of hydrogen-bond acceptors (Lipinski definition) is 3. The highest BCUT2D eigenvalue weighted by molar-refractivity contribution is 7.92. The summed E-state index contributed by atoms with van der Waals surface area (Å²) in [6.07, 6.45) is 0. The molecule has 0 bridgehead atoms. The molecule has 23 heavy (non-hydrogen) atoms. The number of benzene rings is 2. The number of aryl methyl sites for hydroxylation is 2. The predicted octanol–water partition coefficient (Wildman–Crippen LogP) is 4.24. The number of para-hydroxylation sites is 1. The van der Waals surface area contributed by atoms with Crippen LogP contribution in [0.1, 0.15) is 36.5 Å². The Labute approximate surface area is 138 Å². The van der Waals surface area contributed by atoms with Crippen molar-refractivity contribution in [1.82, 2.24) is 0 Å². The SMILES string of the molecule is COc1ccc(C(C)C)cc1S(=O)(=O)Nc1c(C)cccc1C. The highest BCUT2D eigenvalue weighted by Gasteiger charge is 2.22. The lowest BCUT2D eigenvalue weighted by atomic mass is 10.0. The lowest BCUT2D eigenvalue weighted by molar-refractivity contribution is 0.402. The van der Waals surface area contributed by atoms with E-state index in [0.29, 0.717) is 11.4 Å². The van der Waals surface area contributed by atoms with E-state index >= 15 is 0 Å². The summed E-state index contributed by atoms with van der Waals surface area (Å²) in [5.41, 5.74) is 3.33. The maximum absolute atomic E-state index is 12.9. The van der Waals surface area contributed by atoms with E-state index in [0.717, 1.165) is 16.7 Å². The summed E-state index contributed by atoms with van der Waals surface area (Å²) in [6.45, 7) is 7.81. The predicted molar refractivity (Wildman–Crippen MR) is 93.8 cm³/mol. The standard InChI is InChI=1S/C18H23NO3S/c1-12(2)15-9-10-16(22-5)17(11-15)23(20,21)19-18-13(3)7-6-8-14(18)4/h6-12,19H,1-5H3. The Kier molecular flexibility index (Phi) is 5.00. The molecule has 2 rings (SSSR count). The van der Waals surface area contributed by atoms with Gasteiger partial charge in [-0.05, 0) is 48.6 Å². The average molecular weight is 333 g/mol. The number of ether oxygens (including phenoxy) is 1. The third-order valence-electron chi connectivity index (χ3n) is 3.86. The maximum Gasteiger partial charge on any atom is 0.265 e. The molecule has 0 aliphatic carbocycles. The van der Waals surface area contributed by atoms with Crippen molar-refractivity contribution in [1.29, 1.82) is 0 Å². The van der Waals surface area contributed by atoms with Crippen LogP contribution < -0.4 is 9.46 Å². The number of sulfonamides is 1. The second-order valence-electron chi connectivity index (χ2n) is 5.94. The van der Waals surface area contributed by atoms with Gasteiger partial charge < -0.3 is 4.74 Å². The smallest absolute Gasteiger partial charge is 0.265 e. The molecule has 0 fully saturated rings. The van der Waals surface area contributed by atoms with Gasteiger partial charge in [0.25, 0.3) is 10.0 Å². The molecule has 0 heterocycles. The minimum absolute atomic E-state index is 0.161. The Morgan fingerprint density at radius 3 is 2.17 bits per heavy atom. The van der Waals surface area contributed by atoms with Crippen LogP contribution in [-0.2, 0) is 10.0 Å². The molecule has 0 aromatic heterocycles. The minimum atomic E-state index is -3.73. The van der Waals surface area contributed by atoms with Crippen LogP contribution in [-0.4, -0.2) is 15.5 Å². The van der Waals surface area contributed by atoms with Crippen molar-refractivity contribution >= 4 is 15.7 Å². The van der Waals surface area contributed by atoms with Gasteiger partial charge in [0.2, 0.25) is 0 Å². The molecular weight excluding hydrogens is 310 g/mol. The summed E-state index contributed by atoms with van der Waals surface area (Å²) in [4.78, 5) is 0.161. The third kappa shape index (κ3) is 3.67. The molecule has 0 aliphatic rings. The molecule has 0 saturated heterocycles. The van der Waals surface area contributed by atoms with Gasteiger partial charge in [0.05, 0.1) is 12.8 Å². The molecule has 0 radical (unpaired) electrons. The van der Waals surface area contributed by atoms with E-state index in [9.17, 15) is 8.42 Å². The topological polar surface area (TPSA) is 55.4 Å². The summed E-state index contributed by atoms with van der Waals surface area (Å²) in [7, 11) is -2.26. The zero-order valence-electron chi connectivity index (χ0n) is 14.2. The molecule has 124 valence electrons. The van der Waals surface area contributed by atoms with Crippen LogP contribution in [0.5, 0.6) is 5.75 Å². The van der Waals surface area contributed by atoms with E-state index in [2.05, 4.69) is 4.72 Å². The number of methoxy groups -OCH3 is 1. The second-order valence-corrected chi connectivity index (χ2v) is 7.59. The highest BCUT2D eigenvalue weighted by atomic mass is 32.2. The molecule has 0 amide bonds. The summed E-state index contributed by atoms with van der Waals surface area (Å²) >= 11 is 0. The molecule has 0 unspecified atom stereocenters. The molecule has 0 spiro atoms. The van der Waals surface area contributed by atoms with Crippen molar-refractivity contribution in [3.8, 4) is 5.75 Å². The van der Waals surface area contributed by atoms with Crippen molar-refractivity contribution in [2.45, 2.75) is 38.5 Å². The number of hydrogen-bond donors (Lipinski definition) is 1. The Balaban J connectivity index is 2.53. The van der Waals surface area contributed by atoms with E-state index in [4.69, 9.17) is 4.74 Å². The molecule has 5 heteroatoms. The van der Waals surface area contributed by atoms with Crippen LogP contribution in [0.4, 0.5) is 5.69 Å². The lowest BCUT2D eigenvalue weighted by Gasteiger charge is -2.16. The quantitative estimate of drug-likeness (QED) is 0.890. The van der Waals surface area contributed by atoms with E-state index < -0.39 is 10.0 Å². The van der Waals surface area contributed by atoms with Gasteiger partial charge in [-0.3, -0.25) is 4.72 Å². The van der Waals surface area contributed by atoms with Crippen molar-refractivity contribution in [2.24, 2.45) is 0 Å². The average Bonchev–Trinajstić information content (AvgIpc) is 2.50. The van der Waals surface area contributed by atoms with Crippen LogP contribution in [0.2, 0.25) is 0 Å². The highest BCUT2D eigenvalue weighted by Crippen LogP contribution is 2.31. The Morgan fingerprint density at radius 2 is 1.65 bits per heavy atom. The summed E-state index contributed by atoms with van der Waals surface area (Å²) in [5, 5.41) is 0. The number of anilines is 1. The first-order chi connectivity index (χ1) is 10.8. The molecule has 2 aromatic carbocycles. The molecule has 0 aliphatic heterocycles.